The third kappa shape index (κ3) is 2.58. The van der Waals surface area contributed by atoms with Crippen molar-refractivity contribution in [2.45, 2.75) is 50.9 Å². The van der Waals surface area contributed by atoms with Gasteiger partial charge in [-0.15, -0.1) is 0 Å². The molecule has 0 atom stereocenters. The van der Waals surface area contributed by atoms with E-state index >= 15 is 0 Å². The maximum absolute atomic E-state index is 12.6. The monoisotopic (exact) mass is 245 g/mol. The highest BCUT2D eigenvalue weighted by Gasteiger charge is 2.40. The Balaban J connectivity index is 2.25. The Morgan fingerprint density at radius 3 is 2.44 bits per heavy atom. The second-order valence-corrected chi connectivity index (χ2v) is 5.26. The molecule has 18 heavy (non-hydrogen) atoms. The molecule has 1 aliphatic carbocycles. The average molecular weight is 245 g/mol. The third-order valence-corrected chi connectivity index (χ3v) is 4.00. The molecule has 1 aromatic carbocycles. The van der Waals surface area contributed by atoms with Gasteiger partial charge in [0.05, 0.1) is 5.41 Å². The molecule has 0 unspecified atom stereocenters. The molecule has 0 aromatic heterocycles. The first-order chi connectivity index (χ1) is 8.79. The molecule has 2 rings (SSSR count). The van der Waals surface area contributed by atoms with E-state index in [-0.39, 0.29) is 11.3 Å². The highest BCUT2D eigenvalue weighted by molar-refractivity contribution is 5.88. The van der Waals surface area contributed by atoms with Gasteiger partial charge in [-0.3, -0.25) is 4.79 Å². The van der Waals surface area contributed by atoms with Crippen molar-refractivity contribution in [3.05, 3.63) is 35.9 Å². The quantitative estimate of drug-likeness (QED) is 0.865. The van der Waals surface area contributed by atoms with Gasteiger partial charge in [0.15, 0.2) is 0 Å². The summed E-state index contributed by atoms with van der Waals surface area (Å²) in [6.07, 6.45) is 6.56. The molecular formula is C16H23NO. The van der Waals surface area contributed by atoms with E-state index in [0.29, 0.717) is 0 Å². The molecule has 0 radical (unpaired) electrons. The number of carbonyl (C=O) groups is 1. The van der Waals surface area contributed by atoms with E-state index in [2.05, 4.69) is 24.4 Å². The van der Waals surface area contributed by atoms with E-state index in [1.807, 2.05) is 18.2 Å². The van der Waals surface area contributed by atoms with Crippen LogP contribution in [0.1, 0.15) is 51.0 Å². The molecular weight excluding hydrogens is 222 g/mol. The predicted molar refractivity (Wildman–Crippen MR) is 74.5 cm³/mol. The van der Waals surface area contributed by atoms with E-state index in [1.54, 1.807) is 0 Å². The van der Waals surface area contributed by atoms with Gasteiger partial charge in [0.2, 0.25) is 5.91 Å². The Hall–Kier alpha value is -1.31. The van der Waals surface area contributed by atoms with Gasteiger partial charge in [0.1, 0.15) is 0 Å². The molecule has 1 aromatic rings. The van der Waals surface area contributed by atoms with Crippen LogP contribution in [0, 0.1) is 0 Å². The number of benzene rings is 1. The Labute approximate surface area is 110 Å². The summed E-state index contributed by atoms with van der Waals surface area (Å²) < 4.78 is 0. The van der Waals surface area contributed by atoms with Crippen molar-refractivity contribution < 1.29 is 4.79 Å². The predicted octanol–water partition coefficient (Wildman–Crippen LogP) is 3.41. The molecule has 2 nitrogen and oxygen atoms in total. The molecule has 1 saturated carbocycles. The fourth-order valence-corrected chi connectivity index (χ4v) is 2.97. The lowest BCUT2D eigenvalue weighted by Crippen LogP contribution is -2.46. The summed E-state index contributed by atoms with van der Waals surface area (Å²) in [6, 6.07) is 10.3. The highest BCUT2D eigenvalue weighted by Crippen LogP contribution is 2.39. The number of nitrogens with one attached hydrogen (secondary N) is 1. The Morgan fingerprint density at radius 1 is 1.17 bits per heavy atom. The van der Waals surface area contributed by atoms with Crippen molar-refractivity contribution in [2.24, 2.45) is 0 Å². The molecule has 1 aliphatic rings. The van der Waals surface area contributed by atoms with E-state index in [4.69, 9.17) is 0 Å². The summed E-state index contributed by atoms with van der Waals surface area (Å²) >= 11 is 0. The van der Waals surface area contributed by atoms with Gasteiger partial charge in [-0.25, -0.2) is 0 Å². The number of rotatable bonds is 4. The Kier molecular flexibility index (Phi) is 4.40. The summed E-state index contributed by atoms with van der Waals surface area (Å²) in [5, 5.41) is 3.10. The minimum Gasteiger partial charge on any atom is -0.355 e. The van der Waals surface area contributed by atoms with Crippen LogP contribution in [0.15, 0.2) is 30.3 Å². The maximum Gasteiger partial charge on any atom is 0.230 e. The molecule has 0 saturated heterocycles. The molecule has 0 aliphatic heterocycles. The minimum absolute atomic E-state index is 0.232. The van der Waals surface area contributed by atoms with Crippen molar-refractivity contribution in [3.8, 4) is 0 Å². The summed E-state index contributed by atoms with van der Waals surface area (Å²) in [5.74, 6) is 0.232. The standard InChI is InChI=1S/C16H23NO/c1-2-13-17-15(18)16(11-7-4-8-12-16)14-9-5-3-6-10-14/h3,5-6,9-10H,2,4,7-8,11-13H2,1H3,(H,17,18). The number of hydrogen-bond acceptors (Lipinski definition) is 1. The van der Waals surface area contributed by atoms with Crippen molar-refractivity contribution in [1.82, 2.24) is 5.32 Å². The van der Waals surface area contributed by atoms with Crippen molar-refractivity contribution in [2.75, 3.05) is 6.54 Å². The van der Waals surface area contributed by atoms with Gasteiger partial charge >= 0.3 is 0 Å². The van der Waals surface area contributed by atoms with Crippen LogP contribution in [-0.2, 0) is 10.2 Å². The average Bonchev–Trinajstić information content (AvgIpc) is 2.46. The maximum atomic E-state index is 12.6. The summed E-state index contributed by atoms with van der Waals surface area (Å²) in [4.78, 5) is 12.6. The van der Waals surface area contributed by atoms with Gasteiger partial charge < -0.3 is 5.32 Å². The molecule has 1 amide bonds. The number of hydrogen-bond donors (Lipinski definition) is 1. The zero-order valence-electron chi connectivity index (χ0n) is 11.2. The molecule has 1 N–H and O–H groups in total. The molecule has 0 bridgehead atoms. The van der Waals surface area contributed by atoms with Gasteiger partial charge in [-0.05, 0) is 24.8 Å². The molecule has 1 fully saturated rings. The van der Waals surface area contributed by atoms with Crippen LogP contribution in [0.25, 0.3) is 0 Å². The molecule has 98 valence electrons. The van der Waals surface area contributed by atoms with Gasteiger partial charge in [-0.2, -0.15) is 0 Å². The first kappa shape index (κ1) is 13.1. The lowest BCUT2D eigenvalue weighted by Gasteiger charge is -2.36. The van der Waals surface area contributed by atoms with Crippen LogP contribution in [0.3, 0.4) is 0 Å². The van der Waals surface area contributed by atoms with E-state index in [0.717, 1.165) is 38.6 Å². The van der Waals surface area contributed by atoms with Crippen molar-refractivity contribution in [1.29, 1.82) is 0 Å². The zero-order valence-corrected chi connectivity index (χ0v) is 11.2. The SMILES string of the molecule is CCCNC(=O)C1(c2ccccc2)CCCCC1. The lowest BCUT2D eigenvalue weighted by molar-refractivity contribution is -0.128. The van der Waals surface area contributed by atoms with Crippen molar-refractivity contribution in [3.63, 3.8) is 0 Å². The molecule has 2 heteroatoms. The fraction of sp³-hybridized carbons (Fsp3) is 0.562. The minimum atomic E-state index is -0.269. The van der Waals surface area contributed by atoms with E-state index < -0.39 is 0 Å². The van der Waals surface area contributed by atoms with Crippen LogP contribution in [0.5, 0.6) is 0 Å². The second-order valence-electron chi connectivity index (χ2n) is 5.26. The van der Waals surface area contributed by atoms with Crippen molar-refractivity contribution >= 4 is 5.91 Å². The normalized spacial score (nSPS) is 18.3. The van der Waals surface area contributed by atoms with E-state index in [9.17, 15) is 4.79 Å². The topological polar surface area (TPSA) is 29.1 Å². The Morgan fingerprint density at radius 2 is 1.83 bits per heavy atom. The lowest BCUT2D eigenvalue weighted by atomic mass is 9.68. The highest BCUT2D eigenvalue weighted by atomic mass is 16.2. The van der Waals surface area contributed by atoms with Crippen LogP contribution >= 0.6 is 0 Å². The Bertz CT molecular complexity index is 379. The van der Waals surface area contributed by atoms with Crippen LogP contribution in [0.2, 0.25) is 0 Å². The van der Waals surface area contributed by atoms with Crippen LogP contribution in [-0.4, -0.2) is 12.5 Å². The van der Waals surface area contributed by atoms with E-state index in [1.165, 1.54) is 12.0 Å². The molecule has 0 spiro atoms. The summed E-state index contributed by atoms with van der Waals surface area (Å²) in [5.41, 5.74) is 0.924. The smallest absolute Gasteiger partial charge is 0.230 e. The van der Waals surface area contributed by atoms with Crippen LogP contribution < -0.4 is 5.32 Å². The first-order valence-corrected chi connectivity index (χ1v) is 7.13. The van der Waals surface area contributed by atoms with Gasteiger partial charge in [-0.1, -0.05) is 56.5 Å². The zero-order chi connectivity index (χ0) is 12.8. The summed E-state index contributed by atoms with van der Waals surface area (Å²) in [7, 11) is 0. The third-order valence-electron chi connectivity index (χ3n) is 4.00. The first-order valence-electron chi connectivity index (χ1n) is 7.13. The van der Waals surface area contributed by atoms with Gasteiger partial charge in [0.25, 0.3) is 0 Å². The second kappa shape index (κ2) is 6.03. The largest absolute Gasteiger partial charge is 0.355 e. The number of carbonyl (C=O) groups excluding carboxylic acids is 1. The summed E-state index contributed by atoms with van der Waals surface area (Å²) in [6.45, 7) is 2.88. The van der Waals surface area contributed by atoms with Gasteiger partial charge in [0, 0.05) is 6.54 Å². The molecule has 0 heterocycles. The fourth-order valence-electron chi connectivity index (χ4n) is 2.97. The van der Waals surface area contributed by atoms with Crippen LogP contribution in [0.4, 0.5) is 0 Å². The number of amides is 1.